The molecule has 0 aromatic rings. The van der Waals surface area contributed by atoms with Gasteiger partial charge in [0, 0.05) is 6.42 Å². The second kappa shape index (κ2) is 41.2. The summed E-state index contributed by atoms with van der Waals surface area (Å²) in [4.78, 5) is 12.9. The van der Waals surface area contributed by atoms with Crippen LogP contribution in [0.25, 0.3) is 0 Å². The zero-order valence-electron chi connectivity index (χ0n) is 38.8. The highest BCUT2D eigenvalue weighted by molar-refractivity contribution is 5.76. The number of rotatable bonds is 44. The van der Waals surface area contributed by atoms with E-state index in [-0.39, 0.29) is 12.5 Å². The Morgan fingerprint density at radius 3 is 1.20 bits per heavy atom. The first-order valence-corrected chi connectivity index (χ1v) is 25.7. The Kier molecular flexibility index (Phi) is 39.3. The molecule has 1 saturated heterocycles. The van der Waals surface area contributed by atoms with Crippen LogP contribution in [-0.4, -0.2) is 87.5 Å². The first-order valence-electron chi connectivity index (χ1n) is 25.7. The van der Waals surface area contributed by atoms with E-state index in [0.717, 1.165) is 38.5 Å². The van der Waals surface area contributed by atoms with Crippen LogP contribution in [-0.2, 0) is 14.3 Å². The highest BCUT2D eigenvalue weighted by Gasteiger charge is 2.44. The molecule has 0 saturated carbocycles. The number of nitrogens with one attached hydrogen (secondary N) is 1. The number of amides is 1. The monoisotopic (exact) mass is 842 g/mol. The fraction of sp³-hybridized carbons (Fsp3) is 0.980. The van der Waals surface area contributed by atoms with Crippen LogP contribution in [0.4, 0.5) is 0 Å². The minimum Gasteiger partial charge on any atom is -0.394 e. The molecule has 352 valence electrons. The summed E-state index contributed by atoms with van der Waals surface area (Å²) in [5.74, 6) is -0.143. The van der Waals surface area contributed by atoms with Gasteiger partial charge in [-0.3, -0.25) is 4.79 Å². The number of aliphatic hydroxyl groups excluding tert-OH is 5. The van der Waals surface area contributed by atoms with Crippen molar-refractivity contribution in [2.24, 2.45) is 0 Å². The number of hydrogen-bond acceptors (Lipinski definition) is 8. The second-order valence-electron chi connectivity index (χ2n) is 18.3. The van der Waals surface area contributed by atoms with Crippen LogP contribution < -0.4 is 5.32 Å². The van der Waals surface area contributed by atoms with Gasteiger partial charge in [-0.2, -0.15) is 0 Å². The maximum absolute atomic E-state index is 12.9. The van der Waals surface area contributed by atoms with Crippen LogP contribution in [0.1, 0.15) is 258 Å². The molecule has 1 aliphatic rings. The minimum atomic E-state index is -1.55. The van der Waals surface area contributed by atoms with Crippen molar-refractivity contribution in [3.05, 3.63) is 0 Å². The molecule has 0 aromatic heterocycles. The minimum absolute atomic E-state index is 0.132. The number of ether oxygens (including phenoxy) is 2. The Hall–Kier alpha value is -0.810. The molecule has 0 bridgehead atoms. The van der Waals surface area contributed by atoms with Crippen molar-refractivity contribution in [1.29, 1.82) is 0 Å². The van der Waals surface area contributed by atoms with Crippen molar-refractivity contribution < 1.29 is 39.8 Å². The third-order valence-corrected chi connectivity index (χ3v) is 12.7. The van der Waals surface area contributed by atoms with Gasteiger partial charge in [0.1, 0.15) is 24.4 Å². The molecule has 1 rings (SSSR count). The summed E-state index contributed by atoms with van der Waals surface area (Å²) >= 11 is 0. The van der Waals surface area contributed by atoms with Gasteiger partial charge in [0.25, 0.3) is 0 Å². The summed E-state index contributed by atoms with van der Waals surface area (Å²) in [5.41, 5.74) is 0. The molecular formula is C50H99NO8. The summed E-state index contributed by atoms with van der Waals surface area (Å²) in [5, 5.41) is 54.4. The summed E-state index contributed by atoms with van der Waals surface area (Å²) < 4.78 is 11.3. The lowest BCUT2D eigenvalue weighted by Gasteiger charge is -2.40. The van der Waals surface area contributed by atoms with Gasteiger partial charge in [-0.15, -0.1) is 0 Å². The molecule has 7 atom stereocenters. The van der Waals surface area contributed by atoms with Gasteiger partial charge in [0.05, 0.1) is 25.4 Å². The van der Waals surface area contributed by atoms with E-state index in [1.54, 1.807) is 0 Å². The first-order chi connectivity index (χ1) is 28.8. The average molecular weight is 842 g/mol. The van der Waals surface area contributed by atoms with Crippen LogP contribution in [0.5, 0.6) is 0 Å². The molecular weight excluding hydrogens is 743 g/mol. The Balaban J connectivity index is 2.16. The molecule has 1 aliphatic heterocycles. The standard InChI is InChI=1S/C50H99NO8/c1-3-5-7-9-11-13-15-16-17-18-19-20-21-22-23-24-25-26-27-28-29-30-31-33-35-37-39-44(53)43(42-58-50-49(57)48(56)47(55)45(41-52)59-50)51-46(54)40-38-36-34-32-14-12-10-8-6-4-2/h43-45,47-50,52-53,55-57H,3-42H2,1-2H3,(H,51,54). The molecule has 1 amide bonds. The van der Waals surface area contributed by atoms with Gasteiger partial charge in [0.15, 0.2) is 6.29 Å². The predicted molar refractivity (Wildman–Crippen MR) is 244 cm³/mol. The van der Waals surface area contributed by atoms with E-state index in [2.05, 4.69) is 19.2 Å². The van der Waals surface area contributed by atoms with E-state index in [1.807, 2.05) is 0 Å². The van der Waals surface area contributed by atoms with Crippen molar-refractivity contribution in [1.82, 2.24) is 5.32 Å². The highest BCUT2D eigenvalue weighted by Crippen LogP contribution is 2.23. The lowest BCUT2D eigenvalue weighted by molar-refractivity contribution is -0.302. The van der Waals surface area contributed by atoms with E-state index < -0.39 is 49.5 Å². The van der Waals surface area contributed by atoms with E-state index >= 15 is 0 Å². The second-order valence-corrected chi connectivity index (χ2v) is 18.3. The molecule has 59 heavy (non-hydrogen) atoms. The number of carbonyl (C=O) groups is 1. The maximum atomic E-state index is 12.9. The SMILES string of the molecule is CCCCCCCCCCCCCCCCCCCCCCCCCCCCC(O)C(COC1OC(CO)C(O)C(O)C1O)NC(=O)CCCCCCCCCCCC. The first kappa shape index (κ1) is 56.2. The lowest BCUT2D eigenvalue weighted by Crippen LogP contribution is -2.60. The molecule has 7 unspecified atom stereocenters. The summed E-state index contributed by atoms with van der Waals surface area (Å²) in [6, 6.07) is -0.711. The zero-order chi connectivity index (χ0) is 43.0. The van der Waals surface area contributed by atoms with Gasteiger partial charge in [-0.05, 0) is 12.8 Å². The number of carbonyl (C=O) groups excluding carboxylic acids is 1. The number of aliphatic hydroxyl groups is 5. The van der Waals surface area contributed by atoms with Gasteiger partial charge in [0.2, 0.25) is 5.91 Å². The molecule has 6 N–H and O–H groups in total. The molecule has 1 heterocycles. The van der Waals surface area contributed by atoms with E-state index in [1.165, 1.54) is 193 Å². The third-order valence-electron chi connectivity index (χ3n) is 12.7. The third kappa shape index (κ3) is 31.6. The molecule has 0 radical (unpaired) electrons. The van der Waals surface area contributed by atoms with Crippen molar-refractivity contribution in [2.75, 3.05) is 13.2 Å². The average Bonchev–Trinajstić information content (AvgIpc) is 3.23. The normalized spacial score (nSPS) is 20.6. The molecule has 0 aromatic carbocycles. The van der Waals surface area contributed by atoms with Crippen LogP contribution in [0, 0.1) is 0 Å². The quantitative estimate of drug-likeness (QED) is 0.0332. The Bertz CT molecular complexity index is 893. The molecule has 0 aliphatic carbocycles. The fourth-order valence-corrected chi connectivity index (χ4v) is 8.58. The Morgan fingerprint density at radius 1 is 0.508 bits per heavy atom. The molecule has 9 nitrogen and oxygen atoms in total. The zero-order valence-corrected chi connectivity index (χ0v) is 38.8. The fourth-order valence-electron chi connectivity index (χ4n) is 8.58. The summed E-state index contributed by atoms with van der Waals surface area (Å²) in [6.07, 6.45) is 39.9. The molecule has 0 spiro atoms. The lowest BCUT2D eigenvalue weighted by atomic mass is 9.99. The van der Waals surface area contributed by atoms with Crippen molar-refractivity contribution in [3.8, 4) is 0 Å². The topological polar surface area (TPSA) is 149 Å². The molecule has 1 fully saturated rings. The largest absolute Gasteiger partial charge is 0.394 e. The smallest absolute Gasteiger partial charge is 0.220 e. The maximum Gasteiger partial charge on any atom is 0.220 e. The number of unbranched alkanes of at least 4 members (excludes halogenated alkanes) is 34. The van der Waals surface area contributed by atoms with E-state index in [4.69, 9.17) is 9.47 Å². The van der Waals surface area contributed by atoms with Gasteiger partial charge in [-0.25, -0.2) is 0 Å². The van der Waals surface area contributed by atoms with Gasteiger partial charge in [-0.1, -0.05) is 239 Å². The van der Waals surface area contributed by atoms with Crippen LogP contribution >= 0.6 is 0 Å². The Labute approximate surface area is 364 Å². The van der Waals surface area contributed by atoms with E-state index in [9.17, 15) is 30.3 Å². The van der Waals surface area contributed by atoms with Crippen molar-refractivity contribution in [2.45, 2.75) is 301 Å². The van der Waals surface area contributed by atoms with Crippen molar-refractivity contribution >= 4 is 5.91 Å². The van der Waals surface area contributed by atoms with E-state index in [0.29, 0.717) is 12.8 Å². The van der Waals surface area contributed by atoms with Crippen LogP contribution in [0.3, 0.4) is 0 Å². The summed E-state index contributed by atoms with van der Waals surface area (Å²) in [7, 11) is 0. The predicted octanol–water partition coefficient (Wildman–Crippen LogP) is 11.5. The Morgan fingerprint density at radius 2 is 0.847 bits per heavy atom. The highest BCUT2D eigenvalue weighted by atomic mass is 16.7. The summed E-state index contributed by atoms with van der Waals surface area (Å²) in [6.45, 7) is 3.84. The van der Waals surface area contributed by atoms with Crippen LogP contribution in [0.15, 0.2) is 0 Å². The van der Waals surface area contributed by atoms with Gasteiger partial charge >= 0.3 is 0 Å². The van der Waals surface area contributed by atoms with Crippen LogP contribution in [0.2, 0.25) is 0 Å². The molecule has 9 heteroatoms. The van der Waals surface area contributed by atoms with Crippen molar-refractivity contribution in [3.63, 3.8) is 0 Å². The van der Waals surface area contributed by atoms with Gasteiger partial charge < -0.3 is 40.3 Å². The number of hydrogen-bond donors (Lipinski definition) is 6.